The summed E-state index contributed by atoms with van der Waals surface area (Å²) in [5, 5.41) is 3.03. The van der Waals surface area contributed by atoms with Gasteiger partial charge in [0.15, 0.2) is 0 Å². The minimum absolute atomic E-state index is 0.154. The van der Waals surface area contributed by atoms with Gasteiger partial charge in [0.1, 0.15) is 17.2 Å². The van der Waals surface area contributed by atoms with Crippen molar-refractivity contribution < 1.29 is 9.18 Å². The second-order valence-corrected chi connectivity index (χ2v) is 9.36. The van der Waals surface area contributed by atoms with Crippen LogP contribution in [0, 0.1) is 18.7 Å². The van der Waals surface area contributed by atoms with E-state index < -0.39 is 5.56 Å². The molecule has 7 heteroatoms. The van der Waals surface area contributed by atoms with Crippen molar-refractivity contribution in [1.29, 1.82) is 0 Å². The first-order valence-corrected chi connectivity index (χ1v) is 11.4. The molecule has 0 bridgehead atoms. The predicted molar refractivity (Wildman–Crippen MR) is 115 cm³/mol. The van der Waals surface area contributed by atoms with E-state index in [0.717, 1.165) is 56.7 Å². The molecule has 2 fully saturated rings. The summed E-state index contributed by atoms with van der Waals surface area (Å²) in [4.78, 5) is 32.0. The van der Waals surface area contributed by atoms with Crippen molar-refractivity contribution in [2.75, 3.05) is 13.1 Å². The number of benzene rings is 1. The van der Waals surface area contributed by atoms with E-state index in [1.54, 1.807) is 12.3 Å². The van der Waals surface area contributed by atoms with Crippen LogP contribution in [-0.4, -0.2) is 39.5 Å². The Labute approximate surface area is 181 Å². The number of carbonyl (C=O) groups excluding carboxylic acids is 1. The Balaban J connectivity index is 1.30. The Morgan fingerprint density at radius 2 is 2.00 bits per heavy atom. The lowest BCUT2D eigenvalue weighted by Crippen LogP contribution is -2.39. The fourth-order valence-electron chi connectivity index (χ4n) is 5.50. The van der Waals surface area contributed by atoms with Gasteiger partial charge in [-0.25, -0.2) is 4.39 Å². The van der Waals surface area contributed by atoms with Gasteiger partial charge in [-0.3, -0.25) is 14.5 Å². The maximum atomic E-state index is 13.9. The molecule has 2 aliphatic heterocycles. The fourth-order valence-corrected chi connectivity index (χ4v) is 5.50. The van der Waals surface area contributed by atoms with Gasteiger partial charge in [0, 0.05) is 50.3 Å². The molecule has 1 saturated carbocycles. The highest BCUT2D eigenvalue weighted by molar-refractivity contribution is 5.93. The average Bonchev–Trinajstić information content (AvgIpc) is 3.29. The Hall–Kier alpha value is -2.54. The topological polar surface area (TPSA) is 67.2 Å². The molecule has 0 radical (unpaired) electrons. The van der Waals surface area contributed by atoms with Gasteiger partial charge < -0.3 is 9.88 Å². The van der Waals surface area contributed by atoms with Crippen molar-refractivity contribution in [3.05, 3.63) is 63.1 Å². The largest absolute Gasteiger partial charge is 0.349 e. The number of nitrogens with zero attached hydrogens (tertiary/aromatic N) is 3. The molecular weight excluding hydrogens is 395 g/mol. The van der Waals surface area contributed by atoms with E-state index >= 15 is 0 Å². The number of nitrogens with one attached hydrogen (secondary N) is 1. The molecule has 1 aliphatic carbocycles. The summed E-state index contributed by atoms with van der Waals surface area (Å²) in [5.41, 5.74) is 1.42. The molecular formula is C24H29FN4O2. The summed E-state index contributed by atoms with van der Waals surface area (Å²) >= 11 is 0. The first kappa shape index (κ1) is 20.4. The predicted octanol–water partition coefficient (Wildman–Crippen LogP) is 2.98. The monoisotopic (exact) mass is 424 g/mol. The Kier molecular flexibility index (Phi) is 5.38. The number of likely N-dealkylation sites (tertiary alicyclic amines) is 1. The van der Waals surface area contributed by atoms with Crippen LogP contribution in [0.3, 0.4) is 0 Å². The molecule has 1 saturated heterocycles. The van der Waals surface area contributed by atoms with E-state index in [-0.39, 0.29) is 29.2 Å². The molecule has 31 heavy (non-hydrogen) atoms. The highest BCUT2D eigenvalue weighted by Gasteiger charge is 2.41. The summed E-state index contributed by atoms with van der Waals surface area (Å²) in [7, 11) is 0. The second kappa shape index (κ2) is 8.19. The van der Waals surface area contributed by atoms with Crippen LogP contribution in [0.15, 0.2) is 29.2 Å². The van der Waals surface area contributed by atoms with E-state index in [4.69, 9.17) is 0 Å². The maximum absolute atomic E-state index is 13.9. The molecule has 3 aliphatic rings. The smallest absolute Gasteiger partial charge is 0.285 e. The number of rotatable bonds is 4. The molecule has 1 aromatic heterocycles. The number of carbonyl (C=O) groups is 1. The number of hydrogen-bond acceptors (Lipinski definition) is 4. The highest BCUT2D eigenvalue weighted by atomic mass is 19.1. The Morgan fingerprint density at radius 3 is 2.81 bits per heavy atom. The highest BCUT2D eigenvalue weighted by Crippen LogP contribution is 2.38. The van der Waals surface area contributed by atoms with Crippen molar-refractivity contribution >= 4 is 5.91 Å². The number of hydrogen-bond donors (Lipinski definition) is 1. The minimum Gasteiger partial charge on any atom is -0.349 e. The van der Waals surface area contributed by atoms with Gasteiger partial charge in [0.25, 0.3) is 11.5 Å². The third-order valence-electron chi connectivity index (χ3n) is 7.26. The lowest BCUT2D eigenvalue weighted by molar-refractivity contribution is 0.0925. The molecule has 1 amide bonds. The minimum atomic E-state index is -0.431. The van der Waals surface area contributed by atoms with Crippen LogP contribution >= 0.6 is 0 Å². The number of amides is 1. The van der Waals surface area contributed by atoms with Crippen LogP contribution in [0.4, 0.5) is 4.39 Å². The summed E-state index contributed by atoms with van der Waals surface area (Å²) in [6.45, 7) is 4.94. The van der Waals surface area contributed by atoms with Crippen LogP contribution in [-0.2, 0) is 13.1 Å². The molecule has 6 nitrogen and oxygen atoms in total. The zero-order valence-corrected chi connectivity index (χ0v) is 17.9. The number of aromatic nitrogens is 2. The SMILES string of the molecule is Cc1c(F)cccc1CN1C[C@@H]2Cn3cc(C(=O)NC4CCCCC4)c(=O)nc3[C@H]2C1. The number of fused-ring (bicyclic) bond motifs is 3. The molecule has 164 valence electrons. The van der Waals surface area contributed by atoms with Crippen LogP contribution in [0.5, 0.6) is 0 Å². The molecule has 3 heterocycles. The fraction of sp³-hybridized carbons (Fsp3) is 0.542. The summed E-state index contributed by atoms with van der Waals surface area (Å²) < 4.78 is 15.9. The van der Waals surface area contributed by atoms with Gasteiger partial charge in [-0.2, -0.15) is 4.98 Å². The third kappa shape index (κ3) is 3.91. The quantitative estimate of drug-likeness (QED) is 0.820. The Morgan fingerprint density at radius 1 is 1.19 bits per heavy atom. The van der Waals surface area contributed by atoms with Crippen LogP contribution in [0.2, 0.25) is 0 Å². The normalized spacial score (nSPS) is 23.5. The molecule has 2 aromatic rings. The van der Waals surface area contributed by atoms with Crippen LogP contribution in [0.1, 0.15) is 65.3 Å². The van der Waals surface area contributed by atoms with Crippen molar-refractivity contribution in [1.82, 2.24) is 19.8 Å². The first-order chi connectivity index (χ1) is 15.0. The first-order valence-electron chi connectivity index (χ1n) is 11.4. The standard InChI is InChI=1S/C24H29FN4O2/c1-15-16(6-5-9-21(15)25)10-28-11-17-12-29-14-20(24(31)27-22(29)19(17)13-28)23(30)26-18-7-3-2-4-8-18/h5-6,9,14,17-19H,2-4,7-8,10-13H2,1H3,(H,26,30)/t17-,19+/m1/s1. The zero-order chi connectivity index (χ0) is 21.5. The lowest BCUT2D eigenvalue weighted by atomic mass is 9.95. The van der Waals surface area contributed by atoms with E-state index in [1.165, 1.54) is 12.5 Å². The molecule has 0 spiro atoms. The second-order valence-electron chi connectivity index (χ2n) is 9.36. The van der Waals surface area contributed by atoms with Gasteiger partial charge in [-0.15, -0.1) is 0 Å². The summed E-state index contributed by atoms with van der Waals surface area (Å²) in [5.74, 6) is 0.853. The third-order valence-corrected chi connectivity index (χ3v) is 7.26. The van der Waals surface area contributed by atoms with Gasteiger partial charge in [-0.1, -0.05) is 31.4 Å². The van der Waals surface area contributed by atoms with Crippen molar-refractivity contribution in [2.45, 2.75) is 64.1 Å². The van der Waals surface area contributed by atoms with Gasteiger partial charge >= 0.3 is 0 Å². The Bertz CT molecular complexity index is 1060. The summed E-state index contributed by atoms with van der Waals surface area (Å²) in [6.07, 6.45) is 7.14. The van der Waals surface area contributed by atoms with Crippen LogP contribution in [0.25, 0.3) is 0 Å². The van der Waals surface area contributed by atoms with Crippen LogP contribution < -0.4 is 10.9 Å². The van der Waals surface area contributed by atoms with Crippen molar-refractivity contribution in [3.63, 3.8) is 0 Å². The lowest BCUT2D eigenvalue weighted by Gasteiger charge is -2.22. The molecule has 2 atom stereocenters. The van der Waals surface area contributed by atoms with Crippen molar-refractivity contribution in [2.24, 2.45) is 5.92 Å². The summed E-state index contributed by atoms with van der Waals surface area (Å²) in [6, 6.07) is 5.38. The molecule has 1 aromatic carbocycles. The van der Waals surface area contributed by atoms with E-state index in [0.29, 0.717) is 18.0 Å². The van der Waals surface area contributed by atoms with E-state index in [1.807, 2.05) is 17.6 Å². The maximum Gasteiger partial charge on any atom is 0.285 e. The van der Waals surface area contributed by atoms with Gasteiger partial charge in [-0.05, 0) is 37.0 Å². The van der Waals surface area contributed by atoms with Gasteiger partial charge in [0.2, 0.25) is 0 Å². The van der Waals surface area contributed by atoms with E-state index in [2.05, 4.69) is 15.2 Å². The molecule has 5 rings (SSSR count). The number of halogens is 1. The van der Waals surface area contributed by atoms with Gasteiger partial charge in [0.05, 0.1) is 0 Å². The van der Waals surface area contributed by atoms with Crippen molar-refractivity contribution in [3.8, 4) is 0 Å². The molecule has 0 unspecified atom stereocenters. The average molecular weight is 425 g/mol. The molecule has 1 N–H and O–H groups in total. The zero-order valence-electron chi connectivity index (χ0n) is 17.9. The van der Waals surface area contributed by atoms with E-state index in [9.17, 15) is 14.0 Å².